The Bertz CT molecular complexity index is 339. The summed E-state index contributed by atoms with van der Waals surface area (Å²) >= 11 is 5.64. The van der Waals surface area contributed by atoms with Crippen molar-refractivity contribution in [2.24, 2.45) is 0 Å². The molecule has 1 aromatic rings. The van der Waals surface area contributed by atoms with E-state index in [0.29, 0.717) is 12.3 Å². The number of carbonyl (C=O) groups excluding carboxylic acids is 1. The van der Waals surface area contributed by atoms with Crippen molar-refractivity contribution >= 4 is 23.2 Å². The molecule has 1 atom stereocenters. The van der Waals surface area contributed by atoms with Gasteiger partial charge in [0.1, 0.15) is 11.1 Å². The number of ether oxygens (including phenoxy) is 1. The van der Waals surface area contributed by atoms with Gasteiger partial charge in [-0.25, -0.2) is 0 Å². The zero-order valence-corrected chi connectivity index (χ0v) is 9.54. The molecular formula is C11H14ClNO2. The monoisotopic (exact) mass is 227 g/mol. The number of rotatable bonds is 4. The van der Waals surface area contributed by atoms with E-state index >= 15 is 0 Å². The Kier molecular flexibility index (Phi) is 4.43. The van der Waals surface area contributed by atoms with Crippen LogP contribution in [0.2, 0.25) is 0 Å². The molecule has 0 aliphatic rings. The topological polar surface area (TPSA) is 38.3 Å². The van der Waals surface area contributed by atoms with Crippen LogP contribution in [0.25, 0.3) is 0 Å². The van der Waals surface area contributed by atoms with Crippen molar-refractivity contribution in [2.45, 2.75) is 19.2 Å². The average Bonchev–Trinajstić information content (AvgIpc) is 2.18. The van der Waals surface area contributed by atoms with E-state index in [2.05, 4.69) is 5.32 Å². The van der Waals surface area contributed by atoms with Gasteiger partial charge in [0, 0.05) is 11.8 Å². The lowest BCUT2D eigenvalue weighted by Crippen LogP contribution is -2.20. The number of alkyl halides is 1. The molecule has 0 saturated heterocycles. The van der Waals surface area contributed by atoms with Crippen LogP contribution in [0.3, 0.4) is 0 Å². The lowest BCUT2D eigenvalue weighted by atomic mass is 10.3. The van der Waals surface area contributed by atoms with Crippen LogP contribution in [0.1, 0.15) is 13.8 Å². The second-order valence-electron chi connectivity index (χ2n) is 3.07. The third kappa shape index (κ3) is 3.80. The van der Waals surface area contributed by atoms with Gasteiger partial charge in [0.2, 0.25) is 5.91 Å². The highest BCUT2D eigenvalue weighted by atomic mass is 35.5. The molecule has 0 aliphatic heterocycles. The van der Waals surface area contributed by atoms with Crippen LogP contribution in [-0.4, -0.2) is 17.9 Å². The first kappa shape index (κ1) is 11.9. The molecule has 0 heterocycles. The molecule has 0 spiro atoms. The summed E-state index contributed by atoms with van der Waals surface area (Å²) in [7, 11) is 0. The summed E-state index contributed by atoms with van der Waals surface area (Å²) in [5, 5.41) is 2.15. The quantitative estimate of drug-likeness (QED) is 0.804. The van der Waals surface area contributed by atoms with Gasteiger partial charge < -0.3 is 10.1 Å². The Balaban J connectivity index is 2.69. The summed E-state index contributed by atoms with van der Waals surface area (Å²) in [5.74, 6) is 0.517. The van der Waals surface area contributed by atoms with E-state index < -0.39 is 5.38 Å². The van der Waals surface area contributed by atoms with E-state index in [-0.39, 0.29) is 5.91 Å². The molecule has 0 bridgehead atoms. The third-order valence-electron chi connectivity index (χ3n) is 1.77. The predicted octanol–water partition coefficient (Wildman–Crippen LogP) is 2.65. The van der Waals surface area contributed by atoms with Crippen molar-refractivity contribution < 1.29 is 9.53 Å². The smallest absolute Gasteiger partial charge is 0.242 e. The van der Waals surface area contributed by atoms with Crippen molar-refractivity contribution in [1.29, 1.82) is 0 Å². The maximum absolute atomic E-state index is 11.3. The van der Waals surface area contributed by atoms with E-state index in [4.69, 9.17) is 16.3 Å². The largest absolute Gasteiger partial charge is 0.494 e. The fraction of sp³-hybridized carbons (Fsp3) is 0.364. The highest BCUT2D eigenvalue weighted by Crippen LogP contribution is 2.17. The number of anilines is 1. The van der Waals surface area contributed by atoms with Gasteiger partial charge in [0.15, 0.2) is 0 Å². The molecule has 1 unspecified atom stereocenters. The standard InChI is InChI=1S/C11H14ClNO2/c1-3-15-10-6-4-5-9(7-10)13-11(14)8(2)12/h4-8H,3H2,1-2H3,(H,13,14). The fourth-order valence-electron chi connectivity index (χ4n) is 1.07. The van der Waals surface area contributed by atoms with Gasteiger partial charge in [-0.3, -0.25) is 4.79 Å². The summed E-state index contributed by atoms with van der Waals surface area (Å²) in [4.78, 5) is 11.3. The molecular weight excluding hydrogens is 214 g/mol. The van der Waals surface area contributed by atoms with Crippen LogP contribution in [-0.2, 0) is 4.79 Å². The maximum Gasteiger partial charge on any atom is 0.242 e. The minimum Gasteiger partial charge on any atom is -0.494 e. The van der Waals surface area contributed by atoms with Crippen LogP contribution >= 0.6 is 11.6 Å². The summed E-state index contributed by atoms with van der Waals surface area (Å²) in [5.41, 5.74) is 0.693. The fourth-order valence-corrected chi connectivity index (χ4v) is 1.13. The van der Waals surface area contributed by atoms with Crippen LogP contribution in [0.15, 0.2) is 24.3 Å². The van der Waals surface area contributed by atoms with Crippen molar-refractivity contribution in [3.63, 3.8) is 0 Å². The molecule has 15 heavy (non-hydrogen) atoms. The molecule has 0 aliphatic carbocycles. The summed E-state index contributed by atoms with van der Waals surface area (Å²) < 4.78 is 5.30. The molecule has 0 fully saturated rings. The Hall–Kier alpha value is -1.22. The molecule has 1 aromatic carbocycles. The van der Waals surface area contributed by atoms with Crippen LogP contribution < -0.4 is 10.1 Å². The van der Waals surface area contributed by atoms with Gasteiger partial charge in [0.05, 0.1) is 6.61 Å². The minimum absolute atomic E-state index is 0.217. The first-order valence-corrected chi connectivity index (χ1v) is 5.25. The number of hydrogen-bond acceptors (Lipinski definition) is 2. The third-order valence-corrected chi connectivity index (χ3v) is 1.97. The maximum atomic E-state index is 11.3. The Labute approximate surface area is 94.4 Å². The lowest BCUT2D eigenvalue weighted by molar-refractivity contribution is -0.115. The molecule has 0 saturated carbocycles. The number of amides is 1. The molecule has 1 rings (SSSR count). The zero-order valence-electron chi connectivity index (χ0n) is 8.79. The second-order valence-corrected chi connectivity index (χ2v) is 3.72. The summed E-state index contributed by atoms with van der Waals surface area (Å²) in [6, 6.07) is 7.21. The Morgan fingerprint density at radius 1 is 1.60 bits per heavy atom. The molecule has 0 aromatic heterocycles. The highest BCUT2D eigenvalue weighted by molar-refractivity contribution is 6.32. The first-order valence-electron chi connectivity index (χ1n) is 4.81. The van der Waals surface area contributed by atoms with E-state index in [0.717, 1.165) is 5.75 Å². The molecule has 0 radical (unpaired) electrons. The van der Waals surface area contributed by atoms with Crippen molar-refractivity contribution in [3.8, 4) is 5.75 Å². The molecule has 3 nitrogen and oxygen atoms in total. The van der Waals surface area contributed by atoms with E-state index in [9.17, 15) is 4.79 Å². The number of carbonyl (C=O) groups is 1. The van der Waals surface area contributed by atoms with E-state index in [1.165, 1.54) is 0 Å². The zero-order chi connectivity index (χ0) is 11.3. The van der Waals surface area contributed by atoms with Gasteiger partial charge in [-0.05, 0) is 26.0 Å². The summed E-state index contributed by atoms with van der Waals surface area (Å²) in [6.07, 6.45) is 0. The lowest BCUT2D eigenvalue weighted by Gasteiger charge is -2.08. The van der Waals surface area contributed by atoms with Crippen molar-refractivity contribution in [2.75, 3.05) is 11.9 Å². The SMILES string of the molecule is CCOc1cccc(NC(=O)C(C)Cl)c1. The minimum atomic E-state index is -0.541. The van der Waals surface area contributed by atoms with Crippen molar-refractivity contribution in [1.82, 2.24) is 0 Å². The van der Waals surface area contributed by atoms with Gasteiger partial charge in [-0.15, -0.1) is 11.6 Å². The molecule has 1 N–H and O–H groups in total. The number of hydrogen-bond donors (Lipinski definition) is 1. The van der Waals surface area contributed by atoms with Gasteiger partial charge in [-0.1, -0.05) is 6.07 Å². The summed E-state index contributed by atoms with van der Waals surface area (Å²) in [6.45, 7) is 4.14. The molecule has 1 amide bonds. The van der Waals surface area contributed by atoms with Crippen LogP contribution in [0.5, 0.6) is 5.75 Å². The molecule has 4 heteroatoms. The second kappa shape index (κ2) is 5.61. The first-order chi connectivity index (χ1) is 7.13. The average molecular weight is 228 g/mol. The Morgan fingerprint density at radius 3 is 2.93 bits per heavy atom. The highest BCUT2D eigenvalue weighted by Gasteiger charge is 2.08. The Morgan fingerprint density at radius 2 is 2.33 bits per heavy atom. The van der Waals surface area contributed by atoms with E-state index in [1.807, 2.05) is 19.1 Å². The van der Waals surface area contributed by atoms with Crippen LogP contribution in [0, 0.1) is 0 Å². The van der Waals surface area contributed by atoms with Gasteiger partial charge >= 0.3 is 0 Å². The predicted molar refractivity (Wildman–Crippen MR) is 61.6 cm³/mol. The van der Waals surface area contributed by atoms with Gasteiger partial charge in [-0.2, -0.15) is 0 Å². The van der Waals surface area contributed by atoms with E-state index in [1.54, 1.807) is 19.1 Å². The molecule has 82 valence electrons. The normalized spacial score (nSPS) is 11.9. The number of halogens is 1. The number of benzene rings is 1. The number of nitrogens with one attached hydrogen (secondary N) is 1. The van der Waals surface area contributed by atoms with Gasteiger partial charge in [0.25, 0.3) is 0 Å². The van der Waals surface area contributed by atoms with Crippen molar-refractivity contribution in [3.05, 3.63) is 24.3 Å². The van der Waals surface area contributed by atoms with Crippen LogP contribution in [0.4, 0.5) is 5.69 Å².